The Morgan fingerprint density at radius 3 is 2.23 bits per heavy atom. The average Bonchev–Trinajstić information content (AvgIpc) is 2.02. The molecule has 0 atom stereocenters. The second-order valence-electron chi connectivity index (χ2n) is 3.90. The van der Waals surface area contributed by atoms with Crippen LogP contribution in [0.3, 0.4) is 0 Å². The van der Waals surface area contributed by atoms with Crippen LogP contribution >= 0.6 is 11.6 Å². The van der Waals surface area contributed by atoms with Gasteiger partial charge in [0.05, 0.1) is 0 Å². The molecule has 0 aromatic carbocycles. The minimum Gasteiger partial charge on any atom is -0.402 e. The summed E-state index contributed by atoms with van der Waals surface area (Å²) < 4.78 is 0. The summed E-state index contributed by atoms with van der Waals surface area (Å²) in [4.78, 5) is 0. The molecule has 0 spiro atoms. The standard InChI is InChI=1S/C11H18ClN/c1-5-9(12)7-6-8-10(13)11(2,3)4/h5-8H,13H2,1-4H3/b7-6-,9-5+,10-8-. The van der Waals surface area contributed by atoms with Gasteiger partial charge in [-0.2, -0.15) is 0 Å². The zero-order valence-electron chi connectivity index (χ0n) is 8.76. The SMILES string of the molecule is C\C=C(Cl)/C=C\C=C(/N)C(C)(C)C. The van der Waals surface area contributed by atoms with Crippen molar-refractivity contribution in [2.75, 3.05) is 0 Å². The van der Waals surface area contributed by atoms with Crippen LogP contribution in [0.4, 0.5) is 0 Å². The average molecular weight is 200 g/mol. The van der Waals surface area contributed by atoms with Crippen molar-refractivity contribution >= 4 is 11.6 Å². The maximum atomic E-state index is 5.83. The molecule has 0 aliphatic carbocycles. The third-order valence-corrected chi connectivity index (χ3v) is 2.02. The van der Waals surface area contributed by atoms with Crippen LogP contribution < -0.4 is 5.73 Å². The quantitative estimate of drug-likeness (QED) is 0.677. The van der Waals surface area contributed by atoms with Gasteiger partial charge in [-0.1, -0.05) is 44.5 Å². The molecule has 0 rings (SSSR count). The first kappa shape index (κ1) is 12.3. The number of rotatable bonds is 2. The number of hydrogen-bond acceptors (Lipinski definition) is 1. The summed E-state index contributed by atoms with van der Waals surface area (Å²) in [5, 5.41) is 0.720. The maximum Gasteiger partial charge on any atom is 0.0363 e. The van der Waals surface area contributed by atoms with Crippen molar-refractivity contribution in [1.82, 2.24) is 0 Å². The Bertz CT molecular complexity index is 241. The molecule has 0 aliphatic rings. The Morgan fingerprint density at radius 1 is 1.31 bits per heavy atom. The van der Waals surface area contributed by atoms with Gasteiger partial charge in [-0.25, -0.2) is 0 Å². The van der Waals surface area contributed by atoms with E-state index in [-0.39, 0.29) is 5.41 Å². The van der Waals surface area contributed by atoms with Crippen molar-refractivity contribution in [2.45, 2.75) is 27.7 Å². The lowest BCUT2D eigenvalue weighted by Gasteiger charge is -2.18. The predicted octanol–water partition coefficient (Wildman–Crippen LogP) is 3.57. The molecule has 0 unspecified atom stereocenters. The fourth-order valence-corrected chi connectivity index (χ4v) is 0.663. The van der Waals surface area contributed by atoms with Gasteiger partial charge in [0.15, 0.2) is 0 Å². The number of nitrogens with two attached hydrogens (primary N) is 1. The lowest BCUT2D eigenvalue weighted by atomic mass is 9.92. The van der Waals surface area contributed by atoms with E-state index < -0.39 is 0 Å². The van der Waals surface area contributed by atoms with Crippen LogP contribution in [-0.2, 0) is 0 Å². The fourth-order valence-electron chi connectivity index (χ4n) is 0.590. The van der Waals surface area contributed by atoms with Crippen LogP contribution in [0.15, 0.2) is 35.0 Å². The zero-order valence-corrected chi connectivity index (χ0v) is 9.52. The molecule has 0 saturated carbocycles. The molecule has 0 radical (unpaired) electrons. The van der Waals surface area contributed by atoms with Gasteiger partial charge >= 0.3 is 0 Å². The lowest BCUT2D eigenvalue weighted by Crippen LogP contribution is -2.16. The van der Waals surface area contributed by atoms with E-state index in [1.807, 2.05) is 31.2 Å². The van der Waals surface area contributed by atoms with Crippen LogP contribution in [0.1, 0.15) is 27.7 Å². The Morgan fingerprint density at radius 2 is 1.85 bits per heavy atom. The van der Waals surface area contributed by atoms with E-state index >= 15 is 0 Å². The Kier molecular flexibility index (Phi) is 4.86. The van der Waals surface area contributed by atoms with Crippen LogP contribution in [0.5, 0.6) is 0 Å². The summed E-state index contributed by atoms with van der Waals surface area (Å²) in [6, 6.07) is 0. The Hall–Kier alpha value is -0.690. The first-order valence-electron chi connectivity index (χ1n) is 4.34. The number of allylic oxidation sites excluding steroid dienone is 6. The van der Waals surface area contributed by atoms with Crippen molar-refractivity contribution < 1.29 is 0 Å². The third kappa shape index (κ3) is 5.53. The molecule has 2 N–H and O–H groups in total. The molecule has 13 heavy (non-hydrogen) atoms. The van der Waals surface area contributed by atoms with E-state index in [0.717, 1.165) is 10.7 Å². The Balaban J connectivity index is 4.37. The summed E-state index contributed by atoms with van der Waals surface area (Å²) in [6.07, 6.45) is 7.40. The van der Waals surface area contributed by atoms with Gasteiger partial charge in [0.25, 0.3) is 0 Å². The molecule has 1 nitrogen and oxygen atoms in total. The minimum absolute atomic E-state index is 0.0206. The van der Waals surface area contributed by atoms with Gasteiger partial charge in [-0.3, -0.25) is 0 Å². The first-order valence-corrected chi connectivity index (χ1v) is 4.72. The van der Waals surface area contributed by atoms with Gasteiger partial charge in [-0.05, 0) is 19.1 Å². The molecule has 0 aliphatic heterocycles. The van der Waals surface area contributed by atoms with Crippen molar-refractivity contribution in [3.8, 4) is 0 Å². The van der Waals surface area contributed by atoms with Gasteiger partial charge < -0.3 is 5.73 Å². The molecule has 0 fully saturated rings. The highest BCUT2D eigenvalue weighted by Gasteiger charge is 2.11. The van der Waals surface area contributed by atoms with Crippen LogP contribution in [0.2, 0.25) is 0 Å². The predicted molar refractivity (Wildman–Crippen MR) is 60.5 cm³/mol. The normalized spacial score (nSPS) is 15.5. The largest absolute Gasteiger partial charge is 0.402 e. The van der Waals surface area contributed by atoms with E-state index in [0.29, 0.717) is 0 Å². The maximum absolute atomic E-state index is 5.83. The van der Waals surface area contributed by atoms with Gasteiger partial charge in [-0.15, -0.1) is 0 Å². The summed E-state index contributed by atoms with van der Waals surface area (Å²) in [6.45, 7) is 8.11. The van der Waals surface area contributed by atoms with E-state index in [1.165, 1.54) is 0 Å². The molecule has 0 heterocycles. The highest BCUT2D eigenvalue weighted by atomic mass is 35.5. The second-order valence-corrected chi connectivity index (χ2v) is 4.34. The fraction of sp³-hybridized carbons (Fsp3) is 0.455. The third-order valence-electron chi connectivity index (χ3n) is 1.67. The minimum atomic E-state index is 0.0206. The van der Waals surface area contributed by atoms with Crippen LogP contribution in [0, 0.1) is 5.41 Å². The van der Waals surface area contributed by atoms with Crippen molar-refractivity contribution in [1.29, 1.82) is 0 Å². The van der Waals surface area contributed by atoms with Gasteiger partial charge in [0, 0.05) is 16.1 Å². The van der Waals surface area contributed by atoms with Crippen LogP contribution in [0.25, 0.3) is 0 Å². The van der Waals surface area contributed by atoms with Crippen molar-refractivity contribution in [2.24, 2.45) is 11.1 Å². The van der Waals surface area contributed by atoms with Gasteiger partial charge in [0.2, 0.25) is 0 Å². The second kappa shape index (κ2) is 5.13. The smallest absolute Gasteiger partial charge is 0.0363 e. The molecule has 2 heteroatoms. The Labute approximate surface area is 86.0 Å². The molecule has 0 bridgehead atoms. The van der Waals surface area contributed by atoms with E-state index in [2.05, 4.69) is 20.8 Å². The molecule has 0 amide bonds. The molecule has 0 saturated heterocycles. The monoisotopic (exact) mass is 199 g/mol. The van der Waals surface area contributed by atoms with Crippen molar-refractivity contribution in [3.63, 3.8) is 0 Å². The molecule has 0 aromatic heterocycles. The van der Waals surface area contributed by atoms with E-state index in [1.54, 1.807) is 0 Å². The highest BCUT2D eigenvalue weighted by molar-refractivity contribution is 6.31. The highest BCUT2D eigenvalue weighted by Crippen LogP contribution is 2.20. The molecule has 74 valence electrons. The zero-order chi connectivity index (χ0) is 10.5. The van der Waals surface area contributed by atoms with E-state index in [9.17, 15) is 0 Å². The van der Waals surface area contributed by atoms with E-state index in [4.69, 9.17) is 17.3 Å². The van der Waals surface area contributed by atoms with Crippen molar-refractivity contribution in [3.05, 3.63) is 35.0 Å². The van der Waals surface area contributed by atoms with Crippen LogP contribution in [-0.4, -0.2) is 0 Å². The topological polar surface area (TPSA) is 26.0 Å². The molecular weight excluding hydrogens is 182 g/mol. The lowest BCUT2D eigenvalue weighted by molar-refractivity contribution is 0.497. The summed E-state index contributed by atoms with van der Waals surface area (Å²) in [7, 11) is 0. The molecular formula is C11H18ClN. The number of halogens is 1. The number of hydrogen-bond donors (Lipinski definition) is 1. The summed E-state index contributed by atoms with van der Waals surface area (Å²) in [5.74, 6) is 0. The molecule has 0 aromatic rings. The first-order chi connectivity index (χ1) is 5.88. The van der Waals surface area contributed by atoms with Gasteiger partial charge in [0.1, 0.15) is 0 Å². The summed E-state index contributed by atoms with van der Waals surface area (Å²) >= 11 is 5.77. The summed E-state index contributed by atoms with van der Waals surface area (Å²) in [5.41, 5.74) is 6.70.